The zero-order valence-corrected chi connectivity index (χ0v) is 17.6. The van der Waals surface area contributed by atoms with Crippen molar-refractivity contribution in [2.24, 2.45) is 0 Å². The van der Waals surface area contributed by atoms with E-state index in [4.69, 9.17) is 4.74 Å². The zero-order valence-electron chi connectivity index (χ0n) is 16.0. The van der Waals surface area contributed by atoms with Gasteiger partial charge in [0, 0.05) is 45.4 Å². The number of hydrogen-bond acceptors (Lipinski definition) is 8. The topological polar surface area (TPSA) is 87.7 Å². The average Bonchev–Trinajstić information content (AvgIpc) is 3.22. The van der Waals surface area contributed by atoms with E-state index >= 15 is 0 Å². The number of carbonyl (C=O) groups is 2. The van der Waals surface area contributed by atoms with E-state index < -0.39 is 0 Å². The third-order valence-electron chi connectivity index (χ3n) is 4.28. The van der Waals surface area contributed by atoms with Gasteiger partial charge in [0.1, 0.15) is 5.82 Å². The Morgan fingerprint density at radius 3 is 2.62 bits per heavy atom. The number of rotatable bonds is 8. The highest BCUT2D eigenvalue weighted by atomic mass is 32.2. The van der Waals surface area contributed by atoms with Gasteiger partial charge in [-0.15, -0.1) is 10.2 Å². The smallest absolute Gasteiger partial charge is 0.253 e. The summed E-state index contributed by atoms with van der Waals surface area (Å²) >= 11 is 2.78. The maximum atomic E-state index is 13.0. The Hall–Kier alpha value is -2.24. The molecule has 0 bridgehead atoms. The first-order valence-corrected chi connectivity index (χ1v) is 10.9. The molecule has 1 aliphatic heterocycles. The van der Waals surface area contributed by atoms with Crippen molar-refractivity contribution in [1.82, 2.24) is 20.4 Å². The lowest BCUT2D eigenvalue weighted by Crippen LogP contribution is -2.48. The third kappa shape index (κ3) is 6.12. The van der Waals surface area contributed by atoms with E-state index in [1.54, 1.807) is 12.0 Å². The first-order chi connectivity index (χ1) is 14.1. The van der Waals surface area contributed by atoms with Gasteiger partial charge in [-0.05, 0) is 24.3 Å². The molecular formula is C18H22FN5O3S2. The minimum absolute atomic E-state index is 0.0725. The molecule has 1 aromatic heterocycles. The van der Waals surface area contributed by atoms with Crippen LogP contribution < -0.4 is 10.2 Å². The molecule has 0 saturated carbocycles. The van der Waals surface area contributed by atoms with Crippen LogP contribution in [0.5, 0.6) is 0 Å². The molecule has 2 aromatic rings. The summed E-state index contributed by atoms with van der Waals surface area (Å²) < 4.78 is 18.6. The molecule has 0 radical (unpaired) electrons. The van der Waals surface area contributed by atoms with E-state index in [0.717, 1.165) is 9.47 Å². The summed E-state index contributed by atoms with van der Waals surface area (Å²) in [6.07, 6.45) is 0. The number of hydrogen-bond donors (Lipinski definition) is 1. The van der Waals surface area contributed by atoms with Crippen LogP contribution in [0.2, 0.25) is 0 Å². The molecule has 0 aliphatic carbocycles. The van der Waals surface area contributed by atoms with E-state index in [1.165, 1.54) is 47.4 Å². The average molecular weight is 440 g/mol. The molecule has 1 saturated heterocycles. The lowest BCUT2D eigenvalue weighted by molar-refractivity contribution is -0.118. The Labute approximate surface area is 176 Å². The van der Waals surface area contributed by atoms with E-state index in [1.807, 2.05) is 0 Å². The predicted octanol–water partition coefficient (Wildman–Crippen LogP) is 1.49. The molecule has 0 unspecified atom stereocenters. The largest absolute Gasteiger partial charge is 0.383 e. The molecule has 1 aromatic carbocycles. The van der Waals surface area contributed by atoms with Crippen molar-refractivity contribution in [3.63, 3.8) is 0 Å². The quantitative estimate of drug-likeness (QED) is 0.493. The van der Waals surface area contributed by atoms with Crippen molar-refractivity contribution >= 4 is 40.0 Å². The molecule has 156 valence electrons. The van der Waals surface area contributed by atoms with Gasteiger partial charge < -0.3 is 19.9 Å². The molecule has 1 fully saturated rings. The van der Waals surface area contributed by atoms with Crippen molar-refractivity contribution in [3.05, 3.63) is 35.6 Å². The third-order valence-corrected chi connectivity index (χ3v) is 6.40. The molecule has 2 heterocycles. The molecule has 11 heteroatoms. The number of benzene rings is 1. The SMILES string of the molecule is COCCNC(=O)CSc1nnc(N2CCN(C(=O)c3ccc(F)cc3)CC2)s1. The van der Waals surface area contributed by atoms with Gasteiger partial charge in [0.05, 0.1) is 12.4 Å². The molecule has 1 N–H and O–H groups in total. The fourth-order valence-corrected chi connectivity index (χ4v) is 4.46. The number of amides is 2. The Morgan fingerprint density at radius 2 is 1.93 bits per heavy atom. The summed E-state index contributed by atoms with van der Waals surface area (Å²) in [4.78, 5) is 28.1. The molecule has 0 atom stereocenters. The number of halogens is 1. The van der Waals surface area contributed by atoms with Gasteiger partial charge in [0.25, 0.3) is 5.91 Å². The number of anilines is 1. The molecule has 8 nitrogen and oxygen atoms in total. The molecule has 2 amide bonds. The number of nitrogens with zero attached hydrogens (tertiary/aromatic N) is 4. The Morgan fingerprint density at radius 1 is 1.21 bits per heavy atom. The van der Waals surface area contributed by atoms with Crippen LogP contribution in [-0.2, 0) is 9.53 Å². The summed E-state index contributed by atoms with van der Waals surface area (Å²) in [7, 11) is 1.59. The summed E-state index contributed by atoms with van der Waals surface area (Å²) in [5.41, 5.74) is 0.484. The maximum Gasteiger partial charge on any atom is 0.253 e. The van der Waals surface area contributed by atoms with Crippen LogP contribution in [0.15, 0.2) is 28.6 Å². The Bertz CT molecular complexity index is 825. The standard InChI is InChI=1S/C18H22FN5O3S2/c1-27-11-6-20-15(25)12-28-18-22-21-17(29-18)24-9-7-23(8-10-24)16(26)13-2-4-14(19)5-3-13/h2-5H,6-12H2,1H3,(H,20,25). The van der Waals surface area contributed by atoms with Crippen LogP contribution in [0.4, 0.5) is 9.52 Å². The monoisotopic (exact) mass is 439 g/mol. The zero-order chi connectivity index (χ0) is 20.6. The first-order valence-electron chi connectivity index (χ1n) is 9.08. The van der Waals surface area contributed by atoms with Gasteiger partial charge in [-0.2, -0.15) is 0 Å². The van der Waals surface area contributed by atoms with Crippen molar-refractivity contribution < 1.29 is 18.7 Å². The van der Waals surface area contributed by atoms with Gasteiger partial charge in [0.2, 0.25) is 11.0 Å². The lowest BCUT2D eigenvalue weighted by atomic mass is 10.2. The van der Waals surface area contributed by atoms with Gasteiger partial charge in [0.15, 0.2) is 4.34 Å². The number of thioether (sulfide) groups is 1. The van der Waals surface area contributed by atoms with Crippen molar-refractivity contribution in [2.45, 2.75) is 4.34 Å². The van der Waals surface area contributed by atoms with Gasteiger partial charge in [-0.1, -0.05) is 23.1 Å². The minimum Gasteiger partial charge on any atom is -0.383 e. The van der Waals surface area contributed by atoms with Crippen LogP contribution in [0.1, 0.15) is 10.4 Å². The number of nitrogens with one attached hydrogen (secondary N) is 1. The summed E-state index contributed by atoms with van der Waals surface area (Å²) in [5, 5.41) is 11.9. The van der Waals surface area contributed by atoms with Crippen molar-refractivity contribution in [1.29, 1.82) is 0 Å². The van der Waals surface area contributed by atoms with Crippen LogP contribution in [0.3, 0.4) is 0 Å². The van der Waals surface area contributed by atoms with Crippen molar-refractivity contribution in [2.75, 3.05) is 57.1 Å². The highest BCUT2D eigenvalue weighted by Gasteiger charge is 2.24. The second-order valence-corrected chi connectivity index (χ2v) is 8.45. The Kier molecular flexibility index (Phi) is 7.78. The maximum absolute atomic E-state index is 13.0. The Balaban J connectivity index is 1.46. The molecule has 1 aliphatic rings. The van der Waals surface area contributed by atoms with E-state index in [2.05, 4.69) is 20.4 Å². The van der Waals surface area contributed by atoms with Gasteiger partial charge in [-0.3, -0.25) is 9.59 Å². The van der Waals surface area contributed by atoms with Crippen LogP contribution >= 0.6 is 23.1 Å². The minimum atomic E-state index is -0.358. The second kappa shape index (κ2) is 10.5. The molecular weight excluding hydrogens is 417 g/mol. The number of methoxy groups -OCH3 is 1. The molecule has 3 rings (SSSR count). The van der Waals surface area contributed by atoms with Crippen LogP contribution in [0.25, 0.3) is 0 Å². The van der Waals surface area contributed by atoms with Crippen LogP contribution in [0, 0.1) is 5.82 Å². The highest BCUT2D eigenvalue weighted by Crippen LogP contribution is 2.28. The van der Waals surface area contributed by atoms with Crippen molar-refractivity contribution in [3.8, 4) is 0 Å². The summed E-state index contributed by atoms with van der Waals surface area (Å²) in [5.74, 6) is -0.253. The summed E-state index contributed by atoms with van der Waals surface area (Å²) in [6, 6.07) is 5.59. The van der Waals surface area contributed by atoms with Gasteiger partial charge >= 0.3 is 0 Å². The second-order valence-electron chi connectivity index (χ2n) is 6.27. The number of aromatic nitrogens is 2. The number of piperazine rings is 1. The van der Waals surface area contributed by atoms with E-state index in [0.29, 0.717) is 44.9 Å². The first kappa shape index (κ1) is 21.5. The predicted molar refractivity (Wildman–Crippen MR) is 110 cm³/mol. The van der Waals surface area contributed by atoms with E-state index in [9.17, 15) is 14.0 Å². The van der Waals surface area contributed by atoms with E-state index in [-0.39, 0.29) is 23.4 Å². The van der Waals surface area contributed by atoms with Gasteiger partial charge in [-0.25, -0.2) is 4.39 Å². The normalized spacial score (nSPS) is 14.1. The lowest BCUT2D eigenvalue weighted by Gasteiger charge is -2.34. The fourth-order valence-electron chi connectivity index (χ4n) is 2.74. The number of ether oxygens (including phenoxy) is 1. The highest BCUT2D eigenvalue weighted by molar-refractivity contribution is 8.01. The summed E-state index contributed by atoms with van der Waals surface area (Å²) in [6.45, 7) is 3.36. The number of carbonyl (C=O) groups excluding carboxylic acids is 2. The van der Waals surface area contributed by atoms with Crippen LogP contribution in [-0.4, -0.2) is 79.1 Å². The fraction of sp³-hybridized carbons (Fsp3) is 0.444. The molecule has 29 heavy (non-hydrogen) atoms. The molecule has 0 spiro atoms.